The van der Waals surface area contributed by atoms with Crippen LogP contribution in [0.15, 0.2) is 10.5 Å². The summed E-state index contributed by atoms with van der Waals surface area (Å²) < 4.78 is 1.24. The van der Waals surface area contributed by atoms with Crippen LogP contribution >= 0.6 is 27.3 Å². The van der Waals surface area contributed by atoms with Crippen LogP contribution in [0.25, 0.3) is 0 Å². The highest BCUT2D eigenvalue weighted by atomic mass is 79.9. The number of aryl methyl sites for hydroxylation is 1. The summed E-state index contributed by atoms with van der Waals surface area (Å²) in [7, 11) is 0. The van der Waals surface area contributed by atoms with E-state index in [2.05, 4.69) is 55.0 Å². The maximum Gasteiger partial charge on any atom is 0.0314 e. The molecule has 0 aliphatic carbocycles. The fourth-order valence-corrected chi connectivity index (χ4v) is 3.64. The standard InChI is InChI=1S/C15H26BrNS/c1-5-6-7-8-15(3,4)11-17-10-13-9-14(16)12(2)18-13/h9,17H,5-8,10-11H2,1-4H3. The molecule has 0 aliphatic rings. The highest BCUT2D eigenvalue weighted by molar-refractivity contribution is 9.10. The largest absolute Gasteiger partial charge is 0.311 e. The molecule has 0 bridgehead atoms. The molecule has 18 heavy (non-hydrogen) atoms. The summed E-state index contributed by atoms with van der Waals surface area (Å²) in [5, 5.41) is 3.60. The third-order valence-electron chi connectivity index (χ3n) is 3.27. The van der Waals surface area contributed by atoms with Crippen LogP contribution in [0.4, 0.5) is 0 Å². The summed E-state index contributed by atoms with van der Waals surface area (Å²) in [5.74, 6) is 0. The molecular weight excluding hydrogens is 306 g/mol. The predicted octanol–water partition coefficient (Wildman–Crippen LogP) is 5.52. The molecule has 0 atom stereocenters. The van der Waals surface area contributed by atoms with Crippen LogP contribution in [0.3, 0.4) is 0 Å². The molecule has 1 rings (SSSR count). The average Bonchev–Trinajstić information content (AvgIpc) is 2.58. The predicted molar refractivity (Wildman–Crippen MR) is 86.4 cm³/mol. The van der Waals surface area contributed by atoms with Crippen molar-refractivity contribution in [3.05, 3.63) is 20.3 Å². The summed E-state index contributed by atoms with van der Waals surface area (Å²) in [6.45, 7) is 11.3. The van der Waals surface area contributed by atoms with Crippen molar-refractivity contribution in [3.8, 4) is 0 Å². The Morgan fingerprint density at radius 2 is 2.06 bits per heavy atom. The lowest BCUT2D eigenvalue weighted by Crippen LogP contribution is -2.28. The molecule has 0 amide bonds. The molecule has 0 fully saturated rings. The van der Waals surface area contributed by atoms with Crippen molar-refractivity contribution < 1.29 is 0 Å². The van der Waals surface area contributed by atoms with E-state index in [0.29, 0.717) is 5.41 Å². The zero-order valence-corrected chi connectivity index (χ0v) is 14.5. The average molecular weight is 332 g/mol. The van der Waals surface area contributed by atoms with Gasteiger partial charge >= 0.3 is 0 Å². The van der Waals surface area contributed by atoms with Crippen molar-refractivity contribution in [2.75, 3.05) is 6.54 Å². The Labute approximate surface area is 125 Å². The van der Waals surface area contributed by atoms with E-state index >= 15 is 0 Å². The first-order valence-corrected chi connectivity index (χ1v) is 8.51. The Kier molecular flexibility index (Phi) is 6.89. The van der Waals surface area contributed by atoms with Crippen molar-refractivity contribution in [3.63, 3.8) is 0 Å². The number of halogens is 1. The number of thiophene rings is 1. The molecule has 0 spiro atoms. The van der Waals surface area contributed by atoms with Crippen molar-refractivity contribution in [1.29, 1.82) is 0 Å². The first-order chi connectivity index (χ1) is 8.44. The van der Waals surface area contributed by atoms with E-state index in [1.54, 1.807) is 0 Å². The molecule has 1 N–H and O–H groups in total. The molecule has 0 aliphatic heterocycles. The van der Waals surface area contributed by atoms with Gasteiger partial charge in [-0.25, -0.2) is 0 Å². The van der Waals surface area contributed by atoms with E-state index in [-0.39, 0.29) is 0 Å². The van der Waals surface area contributed by atoms with Crippen LogP contribution in [0.2, 0.25) is 0 Å². The van der Waals surface area contributed by atoms with Gasteiger partial charge in [0.15, 0.2) is 0 Å². The summed E-state index contributed by atoms with van der Waals surface area (Å²) in [6.07, 6.45) is 5.35. The van der Waals surface area contributed by atoms with Gasteiger partial charge in [-0.1, -0.05) is 40.0 Å². The number of hydrogen-bond donors (Lipinski definition) is 1. The van der Waals surface area contributed by atoms with Crippen LogP contribution < -0.4 is 5.32 Å². The molecule has 3 heteroatoms. The van der Waals surface area contributed by atoms with Crippen molar-refractivity contribution >= 4 is 27.3 Å². The fourth-order valence-electron chi connectivity index (χ4n) is 2.07. The van der Waals surface area contributed by atoms with Gasteiger partial charge in [0.2, 0.25) is 0 Å². The Morgan fingerprint density at radius 3 is 2.61 bits per heavy atom. The Morgan fingerprint density at radius 1 is 1.33 bits per heavy atom. The number of unbranched alkanes of at least 4 members (excludes halogenated alkanes) is 2. The lowest BCUT2D eigenvalue weighted by Gasteiger charge is -2.25. The SMILES string of the molecule is CCCCCC(C)(C)CNCc1cc(Br)c(C)s1. The van der Waals surface area contributed by atoms with Crippen LogP contribution in [0, 0.1) is 12.3 Å². The summed E-state index contributed by atoms with van der Waals surface area (Å²) in [6, 6.07) is 2.23. The first kappa shape index (κ1) is 16.2. The molecule has 0 saturated carbocycles. The van der Waals surface area contributed by atoms with E-state index in [4.69, 9.17) is 0 Å². The van der Waals surface area contributed by atoms with E-state index in [9.17, 15) is 0 Å². The van der Waals surface area contributed by atoms with Crippen LogP contribution in [-0.4, -0.2) is 6.54 Å². The Balaban J connectivity index is 2.27. The molecule has 0 unspecified atom stereocenters. The van der Waals surface area contributed by atoms with E-state index < -0.39 is 0 Å². The highest BCUT2D eigenvalue weighted by Gasteiger charge is 2.16. The van der Waals surface area contributed by atoms with Crippen LogP contribution in [0.5, 0.6) is 0 Å². The maximum absolute atomic E-state index is 3.60. The van der Waals surface area contributed by atoms with Crippen LogP contribution in [0.1, 0.15) is 56.2 Å². The second-order valence-electron chi connectivity index (χ2n) is 5.84. The Hall–Kier alpha value is 0.140. The van der Waals surface area contributed by atoms with Gasteiger partial charge in [0, 0.05) is 27.3 Å². The molecule has 1 nitrogen and oxygen atoms in total. The minimum atomic E-state index is 0.415. The lowest BCUT2D eigenvalue weighted by molar-refractivity contribution is 0.302. The number of rotatable bonds is 8. The normalized spacial score (nSPS) is 12.1. The molecular formula is C15H26BrNS. The Bertz CT molecular complexity index is 338. The third-order valence-corrected chi connectivity index (χ3v) is 5.40. The van der Waals surface area contributed by atoms with Gasteiger partial charge in [-0.3, -0.25) is 0 Å². The topological polar surface area (TPSA) is 12.0 Å². The van der Waals surface area contributed by atoms with Gasteiger partial charge in [0.05, 0.1) is 0 Å². The monoisotopic (exact) mass is 331 g/mol. The highest BCUT2D eigenvalue weighted by Crippen LogP contribution is 2.27. The minimum absolute atomic E-state index is 0.415. The van der Waals surface area contributed by atoms with Gasteiger partial charge in [-0.15, -0.1) is 11.3 Å². The minimum Gasteiger partial charge on any atom is -0.311 e. The summed E-state index contributed by atoms with van der Waals surface area (Å²) >= 11 is 5.45. The molecule has 1 heterocycles. The molecule has 1 aromatic heterocycles. The number of nitrogens with one attached hydrogen (secondary N) is 1. The summed E-state index contributed by atoms with van der Waals surface area (Å²) in [5.41, 5.74) is 0.415. The van der Waals surface area contributed by atoms with Crippen LogP contribution in [-0.2, 0) is 6.54 Å². The second-order valence-corrected chi connectivity index (χ2v) is 8.04. The quantitative estimate of drug-likeness (QED) is 0.619. The van der Waals surface area contributed by atoms with E-state index in [1.165, 1.54) is 39.9 Å². The first-order valence-electron chi connectivity index (χ1n) is 6.90. The van der Waals surface area contributed by atoms with Crippen molar-refractivity contribution in [2.45, 2.75) is 59.9 Å². The van der Waals surface area contributed by atoms with Gasteiger partial charge < -0.3 is 5.32 Å². The van der Waals surface area contributed by atoms with Crippen molar-refractivity contribution in [2.24, 2.45) is 5.41 Å². The smallest absolute Gasteiger partial charge is 0.0314 e. The van der Waals surface area contributed by atoms with E-state index in [1.807, 2.05) is 11.3 Å². The van der Waals surface area contributed by atoms with Gasteiger partial charge in [0.1, 0.15) is 0 Å². The van der Waals surface area contributed by atoms with Crippen molar-refractivity contribution in [1.82, 2.24) is 5.32 Å². The van der Waals surface area contributed by atoms with Gasteiger partial charge in [0.25, 0.3) is 0 Å². The molecule has 0 radical (unpaired) electrons. The van der Waals surface area contributed by atoms with Gasteiger partial charge in [-0.05, 0) is 40.8 Å². The van der Waals surface area contributed by atoms with Gasteiger partial charge in [-0.2, -0.15) is 0 Å². The molecule has 1 aromatic rings. The molecule has 0 saturated heterocycles. The zero-order valence-electron chi connectivity index (χ0n) is 12.1. The molecule has 0 aromatic carbocycles. The summed E-state index contributed by atoms with van der Waals surface area (Å²) in [4.78, 5) is 2.79. The molecule has 104 valence electrons. The zero-order chi connectivity index (χ0) is 13.6. The fraction of sp³-hybridized carbons (Fsp3) is 0.733. The van der Waals surface area contributed by atoms with E-state index in [0.717, 1.165) is 13.1 Å². The lowest BCUT2D eigenvalue weighted by atomic mass is 9.87. The number of hydrogen-bond acceptors (Lipinski definition) is 2. The second kappa shape index (κ2) is 7.66. The third kappa shape index (κ3) is 5.85. The maximum atomic E-state index is 3.60.